The molecule has 0 aliphatic heterocycles. The minimum absolute atomic E-state index is 0.0774. The highest BCUT2D eigenvalue weighted by Gasteiger charge is 2.19. The van der Waals surface area contributed by atoms with Crippen LogP contribution in [-0.2, 0) is 28.6 Å². The third kappa shape index (κ3) is 55.4. The first-order chi connectivity index (χ1) is 34.0. The molecule has 0 aliphatic carbocycles. The molecule has 0 fully saturated rings. The molecule has 1 atom stereocenters. The minimum Gasteiger partial charge on any atom is -0.462 e. The molecule has 1 unspecified atom stereocenters. The molecule has 6 nitrogen and oxygen atoms in total. The van der Waals surface area contributed by atoms with Gasteiger partial charge in [0.25, 0.3) is 0 Å². The number of ether oxygens (including phenoxy) is 3. The van der Waals surface area contributed by atoms with Crippen molar-refractivity contribution in [3.63, 3.8) is 0 Å². The van der Waals surface area contributed by atoms with Crippen LogP contribution in [0.15, 0.2) is 85.1 Å². The fraction of sp³-hybridized carbons (Fsp3) is 0.730. The molecule has 0 aromatic rings. The first-order valence-electron chi connectivity index (χ1n) is 29.1. The lowest BCUT2D eigenvalue weighted by Gasteiger charge is -2.18. The molecule has 396 valence electrons. The molecular weight excluding hydrogens is 853 g/mol. The number of carbonyl (C=O) groups is 3. The monoisotopic (exact) mass is 961 g/mol. The van der Waals surface area contributed by atoms with Crippen molar-refractivity contribution in [2.75, 3.05) is 13.2 Å². The summed E-state index contributed by atoms with van der Waals surface area (Å²) >= 11 is 0. The van der Waals surface area contributed by atoms with Crippen LogP contribution < -0.4 is 0 Å². The fourth-order valence-corrected chi connectivity index (χ4v) is 8.03. The number of unbranched alkanes of at least 4 members (excludes halogenated alkanes) is 27. The van der Waals surface area contributed by atoms with E-state index in [1.807, 2.05) is 0 Å². The van der Waals surface area contributed by atoms with Crippen molar-refractivity contribution in [1.29, 1.82) is 0 Å². The van der Waals surface area contributed by atoms with Gasteiger partial charge in [0.05, 0.1) is 0 Å². The summed E-state index contributed by atoms with van der Waals surface area (Å²) in [5, 5.41) is 0. The van der Waals surface area contributed by atoms with Gasteiger partial charge in [-0.15, -0.1) is 0 Å². The number of allylic oxidation sites excluding steroid dienone is 14. The molecule has 6 heteroatoms. The van der Waals surface area contributed by atoms with E-state index in [4.69, 9.17) is 14.2 Å². The molecule has 0 saturated heterocycles. The normalized spacial score (nSPS) is 12.7. The van der Waals surface area contributed by atoms with E-state index in [1.54, 1.807) is 0 Å². The summed E-state index contributed by atoms with van der Waals surface area (Å²) in [6.07, 6.45) is 74.8. The Morgan fingerprint density at radius 3 is 0.928 bits per heavy atom. The van der Waals surface area contributed by atoms with Gasteiger partial charge < -0.3 is 14.2 Å². The standard InChI is InChI=1S/C63H108O6/c1-4-7-10-13-16-18-20-22-23-24-25-26-27-28-29-30-31-32-33-34-35-36-37-38-39-40-41-42-44-45-47-50-53-56-62(65)68-59-60(58-67-61(64)55-52-49-15-12-9-6-3)69-63(66)57-54-51-48-46-43-21-19-17-14-11-8-5-2/h7,10,16-19,22-23,25-26,28-29,31-32,60H,4-6,8-9,11-15,20-21,24,27,30,33-59H2,1-3H3/b10-7-,18-16-,19-17-,23-22-,26-25-,29-28-,32-31-. The summed E-state index contributed by atoms with van der Waals surface area (Å²) in [7, 11) is 0. The van der Waals surface area contributed by atoms with E-state index in [0.717, 1.165) is 109 Å². The van der Waals surface area contributed by atoms with Crippen molar-refractivity contribution in [2.45, 2.75) is 284 Å². The molecule has 0 aromatic carbocycles. The third-order valence-corrected chi connectivity index (χ3v) is 12.4. The second-order valence-corrected chi connectivity index (χ2v) is 19.2. The number of hydrogen-bond acceptors (Lipinski definition) is 6. The number of carbonyl (C=O) groups excluding carboxylic acids is 3. The molecular formula is C63H108O6. The van der Waals surface area contributed by atoms with E-state index in [2.05, 4.69) is 106 Å². The van der Waals surface area contributed by atoms with Gasteiger partial charge in [0.1, 0.15) is 13.2 Å². The van der Waals surface area contributed by atoms with Crippen molar-refractivity contribution in [2.24, 2.45) is 0 Å². The zero-order valence-electron chi connectivity index (χ0n) is 45.3. The molecule has 0 aliphatic rings. The highest BCUT2D eigenvalue weighted by Crippen LogP contribution is 2.16. The van der Waals surface area contributed by atoms with E-state index < -0.39 is 6.10 Å². The van der Waals surface area contributed by atoms with Crippen molar-refractivity contribution in [3.8, 4) is 0 Å². The van der Waals surface area contributed by atoms with Crippen molar-refractivity contribution in [3.05, 3.63) is 85.1 Å². The summed E-state index contributed by atoms with van der Waals surface area (Å²) in [6, 6.07) is 0. The largest absolute Gasteiger partial charge is 0.462 e. The van der Waals surface area contributed by atoms with Gasteiger partial charge in [-0.1, -0.05) is 247 Å². The summed E-state index contributed by atoms with van der Waals surface area (Å²) in [5.41, 5.74) is 0. The van der Waals surface area contributed by atoms with Gasteiger partial charge in [0.15, 0.2) is 6.10 Å². The Kier molecular flexibility index (Phi) is 54.3. The maximum atomic E-state index is 12.7. The van der Waals surface area contributed by atoms with E-state index in [-0.39, 0.29) is 31.1 Å². The highest BCUT2D eigenvalue weighted by molar-refractivity contribution is 5.71. The molecule has 69 heavy (non-hydrogen) atoms. The van der Waals surface area contributed by atoms with E-state index in [1.165, 1.54) is 128 Å². The molecule has 0 rings (SSSR count). The van der Waals surface area contributed by atoms with Crippen LogP contribution in [0.4, 0.5) is 0 Å². The molecule has 0 N–H and O–H groups in total. The lowest BCUT2D eigenvalue weighted by atomic mass is 10.0. The van der Waals surface area contributed by atoms with Crippen molar-refractivity contribution >= 4 is 17.9 Å². The second-order valence-electron chi connectivity index (χ2n) is 19.2. The van der Waals surface area contributed by atoms with Gasteiger partial charge in [0, 0.05) is 19.3 Å². The van der Waals surface area contributed by atoms with Crippen LogP contribution in [0, 0.1) is 0 Å². The summed E-state index contributed by atoms with van der Waals surface area (Å²) in [6.45, 7) is 6.44. The molecule has 0 spiro atoms. The first-order valence-corrected chi connectivity index (χ1v) is 29.1. The van der Waals surface area contributed by atoms with Gasteiger partial charge in [-0.3, -0.25) is 14.4 Å². The minimum atomic E-state index is -0.774. The number of hydrogen-bond donors (Lipinski definition) is 0. The van der Waals surface area contributed by atoms with Gasteiger partial charge in [-0.2, -0.15) is 0 Å². The molecule has 0 bridgehead atoms. The average Bonchev–Trinajstić information content (AvgIpc) is 3.35. The van der Waals surface area contributed by atoms with Crippen molar-refractivity contribution < 1.29 is 28.6 Å². The lowest BCUT2D eigenvalue weighted by Crippen LogP contribution is -2.30. The van der Waals surface area contributed by atoms with Gasteiger partial charge >= 0.3 is 17.9 Å². The van der Waals surface area contributed by atoms with E-state index in [0.29, 0.717) is 19.3 Å². The van der Waals surface area contributed by atoms with Crippen LogP contribution in [-0.4, -0.2) is 37.2 Å². The zero-order chi connectivity index (χ0) is 50.0. The molecule has 0 radical (unpaired) electrons. The SMILES string of the molecule is CC/C=C\C/C=C\C/C=C\C/C=C\C/C=C\C/C=C\CCCCCCCCCCCCCCCCC(=O)OCC(COC(=O)CCCCCCCC)OC(=O)CCCCCCC/C=C\CCCCC. The molecule has 0 aromatic heterocycles. The molecule has 0 heterocycles. The van der Waals surface area contributed by atoms with Crippen molar-refractivity contribution in [1.82, 2.24) is 0 Å². The number of esters is 3. The fourth-order valence-electron chi connectivity index (χ4n) is 8.03. The Bertz CT molecular complexity index is 1330. The smallest absolute Gasteiger partial charge is 0.306 e. The van der Waals surface area contributed by atoms with Gasteiger partial charge in [0.2, 0.25) is 0 Å². The maximum absolute atomic E-state index is 12.7. The highest BCUT2D eigenvalue weighted by atomic mass is 16.6. The third-order valence-electron chi connectivity index (χ3n) is 12.4. The lowest BCUT2D eigenvalue weighted by molar-refractivity contribution is -0.167. The Balaban J connectivity index is 3.98. The quantitative estimate of drug-likeness (QED) is 0.0262. The Labute approximate surface area is 426 Å². The van der Waals surface area contributed by atoms with Gasteiger partial charge in [-0.25, -0.2) is 0 Å². The summed E-state index contributed by atoms with van der Waals surface area (Å²) < 4.78 is 16.7. The van der Waals surface area contributed by atoms with E-state index in [9.17, 15) is 14.4 Å². The second kappa shape index (κ2) is 57.2. The summed E-state index contributed by atoms with van der Waals surface area (Å²) in [4.78, 5) is 37.8. The molecule has 0 saturated carbocycles. The number of rotatable bonds is 52. The van der Waals surface area contributed by atoms with Gasteiger partial charge in [-0.05, 0) is 96.3 Å². The van der Waals surface area contributed by atoms with E-state index >= 15 is 0 Å². The Hall–Kier alpha value is -3.41. The molecule has 0 amide bonds. The zero-order valence-corrected chi connectivity index (χ0v) is 45.3. The van der Waals surface area contributed by atoms with Crippen LogP contribution >= 0.6 is 0 Å². The summed E-state index contributed by atoms with van der Waals surface area (Å²) in [5.74, 6) is -0.893. The van der Waals surface area contributed by atoms with Crippen LogP contribution in [0.2, 0.25) is 0 Å². The topological polar surface area (TPSA) is 78.9 Å². The Morgan fingerprint density at radius 1 is 0.304 bits per heavy atom. The predicted molar refractivity (Wildman–Crippen MR) is 297 cm³/mol. The van der Waals surface area contributed by atoms with Crippen LogP contribution in [0.25, 0.3) is 0 Å². The average molecular weight is 962 g/mol. The first kappa shape index (κ1) is 65.6. The Morgan fingerprint density at radius 2 is 0.565 bits per heavy atom. The van der Waals surface area contributed by atoms with Crippen LogP contribution in [0.1, 0.15) is 278 Å². The predicted octanol–water partition coefficient (Wildman–Crippen LogP) is 19.5. The maximum Gasteiger partial charge on any atom is 0.306 e. The van der Waals surface area contributed by atoms with Crippen LogP contribution in [0.5, 0.6) is 0 Å². The van der Waals surface area contributed by atoms with Crippen LogP contribution in [0.3, 0.4) is 0 Å².